The van der Waals surface area contributed by atoms with Crippen molar-refractivity contribution in [1.82, 2.24) is 9.97 Å². The first-order valence-electron chi connectivity index (χ1n) is 9.31. The fraction of sp³-hybridized carbons (Fsp3) is 0. The molecule has 0 saturated heterocycles. The fourth-order valence-corrected chi connectivity index (χ4v) is 4.67. The van der Waals surface area contributed by atoms with Crippen molar-refractivity contribution in [3.8, 4) is 0 Å². The molecule has 1 aromatic heterocycles. The number of halogens is 2. The molecule has 0 aliphatic heterocycles. The van der Waals surface area contributed by atoms with Crippen LogP contribution in [0, 0.1) is 5.82 Å². The van der Waals surface area contributed by atoms with Gasteiger partial charge in [0.25, 0.3) is 0 Å². The Labute approximate surface area is 185 Å². The van der Waals surface area contributed by atoms with E-state index in [0.717, 1.165) is 36.2 Å². The van der Waals surface area contributed by atoms with Gasteiger partial charge in [0.1, 0.15) is 10.8 Å². The molecule has 146 valence electrons. The van der Waals surface area contributed by atoms with Crippen LogP contribution in [0.5, 0.6) is 0 Å². The molecule has 0 spiro atoms. The second-order valence-electron chi connectivity index (χ2n) is 6.76. The molecule has 0 aliphatic rings. The lowest BCUT2D eigenvalue weighted by Crippen LogP contribution is -1.99. The Hall–Kier alpha value is -2.96. The minimum absolute atomic E-state index is 0.305. The molecule has 0 radical (unpaired) electrons. The summed E-state index contributed by atoms with van der Waals surface area (Å²) in [6, 6.07) is 26.6. The summed E-state index contributed by atoms with van der Waals surface area (Å²) in [5.41, 5.74) is 2.22. The number of hydrogen-bond acceptors (Lipinski definition) is 4. The normalized spacial score (nSPS) is 11.1. The molecule has 0 fully saturated rings. The fourth-order valence-electron chi connectivity index (χ4n) is 3.22. The van der Waals surface area contributed by atoms with Crippen molar-refractivity contribution in [3.05, 3.63) is 95.2 Å². The van der Waals surface area contributed by atoms with E-state index in [0.29, 0.717) is 11.5 Å². The summed E-state index contributed by atoms with van der Waals surface area (Å²) in [7, 11) is 0. The largest absolute Gasteiger partial charge is 0.338 e. The lowest BCUT2D eigenvalue weighted by molar-refractivity contribution is 0.628. The van der Waals surface area contributed by atoms with Crippen molar-refractivity contribution >= 4 is 61.0 Å². The first kappa shape index (κ1) is 19.0. The Kier molecular flexibility index (Phi) is 5.11. The molecular weight excluding hydrogens is 461 g/mol. The third-order valence-electron chi connectivity index (χ3n) is 4.60. The monoisotopic (exact) mass is 475 g/mol. The van der Waals surface area contributed by atoms with Crippen LogP contribution in [0.2, 0.25) is 0 Å². The zero-order valence-corrected chi connectivity index (χ0v) is 18.0. The topological polar surface area (TPSA) is 37.8 Å². The van der Waals surface area contributed by atoms with Crippen molar-refractivity contribution in [3.63, 3.8) is 0 Å². The number of aromatic nitrogens is 2. The van der Waals surface area contributed by atoms with E-state index in [-0.39, 0.29) is 5.82 Å². The van der Waals surface area contributed by atoms with Gasteiger partial charge in [-0.2, -0.15) is 0 Å². The smallest absolute Gasteiger partial charge is 0.164 e. The van der Waals surface area contributed by atoms with Gasteiger partial charge in [-0.15, -0.1) is 0 Å². The molecule has 0 bridgehead atoms. The summed E-state index contributed by atoms with van der Waals surface area (Å²) in [6.45, 7) is 0. The van der Waals surface area contributed by atoms with Gasteiger partial charge in [-0.1, -0.05) is 64.1 Å². The molecule has 0 saturated carbocycles. The molecule has 3 nitrogen and oxygen atoms in total. The van der Waals surface area contributed by atoms with E-state index in [9.17, 15) is 4.39 Å². The van der Waals surface area contributed by atoms with Crippen LogP contribution in [-0.4, -0.2) is 9.97 Å². The summed E-state index contributed by atoms with van der Waals surface area (Å²) < 4.78 is 14.7. The van der Waals surface area contributed by atoms with E-state index in [1.54, 1.807) is 6.07 Å². The van der Waals surface area contributed by atoms with Crippen LogP contribution in [0.4, 0.5) is 15.9 Å². The van der Waals surface area contributed by atoms with Gasteiger partial charge in [-0.05, 0) is 59.3 Å². The summed E-state index contributed by atoms with van der Waals surface area (Å²) in [5, 5.41) is 6.18. The lowest BCUT2D eigenvalue weighted by Gasteiger charge is -2.12. The molecular formula is C24H15BrFN3S. The Balaban J connectivity index is 1.65. The highest BCUT2D eigenvalue weighted by molar-refractivity contribution is 9.10. The zero-order valence-electron chi connectivity index (χ0n) is 15.6. The van der Waals surface area contributed by atoms with Crippen LogP contribution in [0.15, 0.2) is 99.3 Å². The second-order valence-corrected chi connectivity index (χ2v) is 8.74. The van der Waals surface area contributed by atoms with Crippen LogP contribution in [-0.2, 0) is 0 Å². The molecule has 6 heteroatoms. The summed E-state index contributed by atoms with van der Waals surface area (Å²) in [6.07, 6.45) is 0. The highest BCUT2D eigenvalue weighted by Crippen LogP contribution is 2.35. The second kappa shape index (κ2) is 8.05. The van der Waals surface area contributed by atoms with Gasteiger partial charge in [0.15, 0.2) is 5.82 Å². The molecule has 4 aromatic carbocycles. The van der Waals surface area contributed by atoms with E-state index >= 15 is 0 Å². The Bertz CT molecular complexity index is 1280. The minimum atomic E-state index is -0.305. The standard InChI is InChI=1S/C24H15BrFN3S/c25-17-7-3-10-20(13-17)30-24-23(27-19-9-4-8-18(26)14-19)28-21-11-15-5-1-2-6-16(15)12-22(21)29-24/h1-14H,(H,27,28). The van der Waals surface area contributed by atoms with Crippen molar-refractivity contribution < 1.29 is 4.39 Å². The highest BCUT2D eigenvalue weighted by Gasteiger charge is 2.13. The van der Waals surface area contributed by atoms with Crippen LogP contribution in [0.1, 0.15) is 0 Å². The Morgan fingerprint density at radius 3 is 2.23 bits per heavy atom. The van der Waals surface area contributed by atoms with Gasteiger partial charge < -0.3 is 5.32 Å². The first-order chi connectivity index (χ1) is 14.6. The predicted molar refractivity (Wildman–Crippen MR) is 125 cm³/mol. The highest BCUT2D eigenvalue weighted by atomic mass is 79.9. The quantitative estimate of drug-likeness (QED) is 0.272. The first-order valence-corrected chi connectivity index (χ1v) is 10.9. The van der Waals surface area contributed by atoms with Gasteiger partial charge in [-0.3, -0.25) is 0 Å². The van der Waals surface area contributed by atoms with Gasteiger partial charge in [0, 0.05) is 15.1 Å². The maximum Gasteiger partial charge on any atom is 0.164 e. The van der Waals surface area contributed by atoms with E-state index in [1.807, 2.05) is 48.5 Å². The number of benzene rings is 4. The molecule has 1 N–H and O–H groups in total. The van der Waals surface area contributed by atoms with Crippen LogP contribution in [0.25, 0.3) is 21.8 Å². The van der Waals surface area contributed by atoms with E-state index in [1.165, 1.54) is 23.9 Å². The molecule has 0 amide bonds. The van der Waals surface area contributed by atoms with Crippen molar-refractivity contribution in [2.45, 2.75) is 9.92 Å². The minimum Gasteiger partial charge on any atom is -0.338 e. The van der Waals surface area contributed by atoms with Gasteiger partial charge in [0.05, 0.1) is 11.0 Å². The average Bonchev–Trinajstić information content (AvgIpc) is 2.73. The molecule has 0 unspecified atom stereocenters. The average molecular weight is 476 g/mol. The molecule has 0 aliphatic carbocycles. The maximum atomic E-state index is 13.7. The summed E-state index contributed by atoms with van der Waals surface area (Å²) in [4.78, 5) is 10.8. The Morgan fingerprint density at radius 2 is 1.50 bits per heavy atom. The number of anilines is 2. The van der Waals surface area contributed by atoms with Gasteiger partial charge in [0.2, 0.25) is 0 Å². The number of hydrogen-bond donors (Lipinski definition) is 1. The third kappa shape index (κ3) is 4.01. The Morgan fingerprint density at radius 1 is 0.767 bits per heavy atom. The van der Waals surface area contributed by atoms with Crippen molar-refractivity contribution in [2.75, 3.05) is 5.32 Å². The number of nitrogens with one attached hydrogen (secondary N) is 1. The summed E-state index contributed by atoms with van der Waals surface area (Å²) >= 11 is 5.03. The molecule has 1 heterocycles. The van der Waals surface area contributed by atoms with E-state index in [4.69, 9.17) is 9.97 Å². The van der Waals surface area contributed by atoms with Crippen LogP contribution >= 0.6 is 27.7 Å². The van der Waals surface area contributed by atoms with E-state index in [2.05, 4.69) is 39.4 Å². The third-order valence-corrected chi connectivity index (χ3v) is 6.06. The van der Waals surface area contributed by atoms with Crippen LogP contribution < -0.4 is 5.32 Å². The van der Waals surface area contributed by atoms with Crippen molar-refractivity contribution in [1.29, 1.82) is 0 Å². The van der Waals surface area contributed by atoms with Crippen molar-refractivity contribution in [2.24, 2.45) is 0 Å². The zero-order chi connectivity index (χ0) is 20.5. The molecule has 30 heavy (non-hydrogen) atoms. The van der Waals surface area contributed by atoms with Gasteiger partial charge in [-0.25, -0.2) is 14.4 Å². The van der Waals surface area contributed by atoms with Gasteiger partial charge >= 0.3 is 0 Å². The number of rotatable bonds is 4. The SMILES string of the molecule is Fc1cccc(Nc2nc3cc4ccccc4cc3nc2Sc2cccc(Br)c2)c1. The molecule has 5 aromatic rings. The summed E-state index contributed by atoms with van der Waals surface area (Å²) in [5.74, 6) is 0.286. The van der Waals surface area contributed by atoms with Crippen LogP contribution in [0.3, 0.4) is 0 Å². The number of fused-ring (bicyclic) bond motifs is 2. The predicted octanol–water partition coefficient (Wildman–Crippen LogP) is 7.58. The maximum absolute atomic E-state index is 13.7. The molecule has 5 rings (SSSR count). The molecule has 0 atom stereocenters. The number of nitrogens with zero attached hydrogens (tertiary/aromatic N) is 2. The lowest BCUT2D eigenvalue weighted by atomic mass is 10.1. The van der Waals surface area contributed by atoms with E-state index < -0.39 is 0 Å².